The van der Waals surface area contributed by atoms with Crippen molar-refractivity contribution in [2.24, 2.45) is 5.92 Å². The number of fused-ring (bicyclic) bond motifs is 2. The SMILES string of the molecule is CCC1C=C2NC=C(C(=O)Nc3ccc4c(C(C)(C)C)c[nH]c4c3)C(O)N2C1. The highest BCUT2D eigenvalue weighted by molar-refractivity contribution is 6.05. The minimum Gasteiger partial charge on any atom is -0.369 e. The molecule has 148 valence electrons. The Morgan fingerprint density at radius 3 is 2.86 bits per heavy atom. The van der Waals surface area contributed by atoms with Crippen LogP contribution in [0, 0.1) is 5.92 Å². The molecule has 0 fully saturated rings. The molecule has 4 N–H and O–H groups in total. The van der Waals surface area contributed by atoms with E-state index in [2.05, 4.69) is 49.4 Å². The first-order valence-corrected chi connectivity index (χ1v) is 9.84. The second-order valence-electron chi connectivity index (χ2n) is 8.66. The quantitative estimate of drug-likeness (QED) is 0.658. The molecule has 0 radical (unpaired) electrons. The minimum atomic E-state index is -0.939. The van der Waals surface area contributed by atoms with Crippen LogP contribution in [-0.2, 0) is 10.2 Å². The van der Waals surface area contributed by atoms with Gasteiger partial charge in [-0.1, -0.05) is 33.8 Å². The van der Waals surface area contributed by atoms with Crippen LogP contribution < -0.4 is 10.6 Å². The zero-order valence-electron chi connectivity index (χ0n) is 16.8. The maximum Gasteiger partial charge on any atom is 0.257 e. The van der Waals surface area contributed by atoms with Crippen LogP contribution in [0.5, 0.6) is 0 Å². The molecule has 1 aromatic carbocycles. The highest BCUT2D eigenvalue weighted by Gasteiger charge is 2.35. The van der Waals surface area contributed by atoms with Crippen LogP contribution >= 0.6 is 0 Å². The van der Waals surface area contributed by atoms with Gasteiger partial charge in [0.25, 0.3) is 5.91 Å². The van der Waals surface area contributed by atoms with E-state index in [-0.39, 0.29) is 11.3 Å². The van der Waals surface area contributed by atoms with Gasteiger partial charge in [-0.3, -0.25) is 4.79 Å². The Hall–Kier alpha value is -2.73. The number of hydrogen-bond donors (Lipinski definition) is 4. The monoisotopic (exact) mass is 380 g/mol. The third-order valence-electron chi connectivity index (χ3n) is 5.62. The van der Waals surface area contributed by atoms with E-state index >= 15 is 0 Å². The number of aromatic amines is 1. The average molecular weight is 380 g/mol. The van der Waals surface area contributed by atoms with Gasteiger partial charge in [-0.25, -0.2) is 0 Å². The predicted molar refractivity (Wildman–Crippen MR) is 111 cm³/mol. The van der Waals surface area contributed by atoms with Crippen molar-refractivity contribution >= 4 is 22.5 Å². The molecule has 0 aliphatic carbocycles. The number of nitrogens with one attached hydrogen (secondary N) is 3. The third-order valence-corrected chi connectivity index (χ3v) is 5.62. The summed E-state index contributed by atoms with van der Waals surface area (Å²) in [7, 11) is 0. The Morgan fingerprint density at radius 2 is 2.14 bits per heavy atom. The summed E-state index contributed by atoms with van der Waals surface area (Å²) in [5.41, 5.74) is 3.28. The lowest BCUT2D eigenvalue weighted by molar-refractivity contribution is -0.115. The minimum absolute atomic E-state index is 0.0446. The van der Waals surface area contributed by atoms with E-state index in [9.17, 15) is 9.90 Å². The molecule has 2 aromatic rings. The molecule has 6 heteroatoms. The van der Waals surface area contributed by atoms with Crippen LogP contribution in [0.3, 0.4) is 0 Å². The number of hydrogen-bond acceptors (Lipinski definition) is 4. The van der Waals surface area contributed by atoms with Gasteiger partial charge in [0.05, 0.1) is 5.57 Å². The third kappa shape index (κ3) is 3.18. The molecule has 6 nitrogen and oxygen atoms in total. The lowest BCUT2D eigenvalue weighted by Gasteiger charge is -2.33. The first-order chi connectivity index (χ1) is 13.3. The van der Waals surface area contributed by atoms with Gasteiger partial charge in [0.2, 0.25) is 0 Å². The van der Waals surface area contributed by atoms with Crippen LogP contribution in [0.4, 0.5) is 5.69 Å². The standard InChI is InChI=1S/C22H28N4O2/c1-5-13-8-19-24-10-16(21(28)26(19)12-13)20(27)25-14-6-7-15-17(22(2,3)4)11-23-18(15)9-14/h6-11,13,21,23-24,28H,5,12H2,1-4H3,(H,25,27). The van der Waals surface area contributed by atoms with E-state index < -0.39 is 6.23 Å². The van der Waals surface area contributed by atoms with Gasteiger partial charge in [0, 0.05) is 35.5 Å². The zero-order valence-corrected chi connectivity index (χ0v) is 16.8. The summed E-state index contributed by atoms with van der Waals surface area (Å²) in [5, 5.41) is 17.9. The first-order valence-electron chi connectivity index (χ1n) is 9.84. The van der Waals surface area contributed by atoms with Gasteiger partial charge in [-0.15, -0.1) is 0 Å². The van der Waals surface area contributed by atoms with Crippen molar-refractivity contribution in [3.63, 3.8) is 0 Å². The molecular formula is C22H28N4O2. The Kier molecular flexibility index (Phi) is 4.46. The fourth-order valence-electron chi connectivity index (χ4n) is 3.94. The number of nitrogens with zero attached hydrogens (tertiary/aromatic N) is 1. The van der Waals surface area contributed by atoms with Crippen LogP contribution in [-0.4, -0.2) is 33.7 Å². The molecule has 0 saturated carbocycles. The van der Waals surface area contributed by atoms with Crippen molar-refractivity contribution in [3.8, 4) is 0 Å². The number of aliphatic hydroxyl groups excluding tert-OH is 1. The Bertz CT molecular complexity index is 980. The lowest BCUT2D eigenvalue weighted by atomic mass is 9.87. The smallest absolute Gasteiger partial charge is 0.257 e. The number of aliphatic hydroxyl groups is 1. The molecule has 0 spiro atoms. The first kappa shape index (κ1) is 18.6. The number of H-pyrrole nitrogens is 1. The summed E-state index contributed by atoms with van der Waals surface area (Å²) < 4.78 is 0. The molecule has 1 amide bonds. The predicted octanol–water partition coefficient (Wildman–Crippen LogP) is 3.39. The summed E-state index contributed by atoms with van der Waals surface area (Å²) >= 11 is 0. The van der Waals surface area contributed by atoms with E-state index in [1.807, 2.05) is 29.3 Å². The van der Waals surface area contributed by atoms with Crippen molar-refractivity contribution in [2.45, 2.75) is 45.8 Å². The number of anilines is 1. The largest absolute Gasteiger partial charge is 0.369 e. The van der Waals surface area contributed by atoms with Crippen molar-refractivity contribution in [3.05, 3.63) is 53.6 Å². The topological polar surface area (TPSA) is 80.4 Å². The fraction of sp³-hybridized carbons (Fsp3) is 0.409. The zero-order chi connectivity index (χ0) is 20.1. The maximum absolute atomic E-state index is 12.8. The highest BCUT2D eigenvalue weighted by atomic mass is 16.3. The molecule has 3 heterocycles. The van der Waals surface area contributed by atoms with Crippen molar-refractivity contribution in [1.82, 2.24) is 15.2 Å². The van der Waals surface area contributed by atoms with Gasteiger partial charge in [-0.2, -0.15) is 0 Å². The molecule has 2 aliphatic heterocycles. The molecule has 2 unspecified atom stereocenters. The maximum atomic E-state index is 12.8. The van der Waals surface area contributed by atoms with Gasteiger partial charge in [0.15, 0.2) is 6.23 Å². The molecular weight excluding hydrogens is 352 g/mol. The number of benzene rings is 1. The molecule has 4 rings (SSSR count). The average Bonchev–Trinajstić information content (AvgIpc) is 3.25. The number of aromatic nitrogens is 1. The van der Waals surface area contributed by atoms with Crippen molar-refractivity contribution < 1.29 is 9.90 Å². The second-order valence-corrected chi connectivity index (χ2v) is 8.66. The molecule has 2 aliphatic rings. The molecule has 28 heavy (non-hydrogen) atoms. The van der Waals surface area contributed by atoms with Crippen LogP contribution in [0.1, 0.15) is 39.7 Å². The molecule has 1 aromatic heterocycles. The summed E-state index contributed by atoms with van der Waals surface area (Å²) in [6.45, 7) is 9.38. The highest BCUT2D eigenvalue weighted by Crippen LogP contribution is 2.32. The number of carbonyl (C=O) groups excluding carboxylic acids is 1. The van der Waals surface area contributed by atoms with Crippen molar-refractivity contribution in [2.75, 3.05) is 11.9 Å². The van der Waals surface area contributed by atoms with Gasteiger partial charge in [-0.05, 0) is 41.5 Å². The Balaban J connectivity index is 1.52. The van der Waals surface area contributed by atoms with Crippen LogP contribution in [0.15, 0.2) is 48.1 Å². The van der Waals surface area contributed by atoms with Crippen LogP contribution in [0.2, 0.25) is 0 Å². The second kappa shape index (κ2) is 6.71. The molecule has 2 atom stereocenters. The fourth-order valence-corrected chi connectivity index (χ4v) is 3.94. The molecule has 0 saturated heterocycles. The van der Waals surface area contributed by atoms with Gasteiger partial charge in [0.1, 0.15) is 5.82 Å². The van der Waals surface area contributed by atoms with Crippen molar-refractivity contribution in [1.29, 1.82) is 0 Å². The van der Waals surface area contributed by atoms with Crippen LogP contribution in [0.25, 0.3) is 10.9 Å². The Morgan fingerprint density at radius 1 is 1.36 bits per heavy atom. The lowest BCUT2D eigenvalue weighted by Crippen LogP contribution is -2.45. The Labute approximate surface area is 165 Å². The van der Waals surface area contributed by atoms with E-state index in [0.717, 1.165) is 23.1 Å². The summed E-state index contributed by atoms with van der Waals surface area (Å²) in [6, 6.07) is 5.86. The van der Waals surface area contributed by atoms with E-state index in [1.54, 1.807) is 6.20 Å². The molecule has 0 bridgehead atoms. The number of carbonyl (C=O) groups is 1. The summed E-state index contributed by atoms with van der Waals surface area (Å²) in [4.78, 5) is 17.9. The summed E-state index contributed by atoms with van der Waals surface area (Å²) in [5.74, 6) is 0.958. The normalized spacial score (nSPS) is 21.8. The number of amides is 1. The van der Waals surface area contributed by atoms with Gasteiger partial charge >= 0.3 is 0 Å². The van der Waals surface area contributed by atoms with E-state index in [1.165, 1.54) is 5.56 Å². The van der Waals surface area contributed by atoms with Gasteiger partial charge < -0.3 is 25.6 Å². The summed E-state index contributed by atoms with van der Waals surface area (Å²) in [6.07, 6.45) is 5.80. The van der Waals surface area contributed by atoms with E-state index in [4.69, 9.17) is 0 Å². The van der Waals surface area contributed by atoms with E-state index in [0.29, 0.717) is 23.7 Å². The number of rotatable bonds is 3.